The zero-order chi connectivity index (χ0) is 21.6. The van der Waals surface area contributed by atoms with E-state index in [4.69, 9.17) is 23.8 Å². The van der Waals surface area contributed by atoms with E-state index in [9.17, 15) is 13.2 Å². The molecule has 166 valence electrons. The summed E-state index contributed by atoms with van der Waals surface area (Å²) < 4.78 is 50.1. The summed E-state index contributed by atoms with van der Waals surface area (Å²) in [6.07, 6.45) is 0.443. The zero-order valence-electron chi connectivity index (χ0n) is 16.1. The van der Waals surface area contributed by atoms with Crippen molar-refractivity contribution < 1.29 is 37.0 Å². The number of ether oxygens (including phenoxy) is 2. The fourth-order valence-corrected chi connectivity index (χ4v) is 3.22. The van der Waals surface area contributed by atoms with Crippen LogP contribution in [0.5, 0.6) is 0 Å². The van der Waals surface area contributed by atoms with Crippen LogP contribution in [0.4, 0.5) is 13.2 Å². The summed E-state index contributed by atoms with van der Waals surface area (Å²) in [5.41, 5.74) is 2.84. The Morgan fingerprint density at radius 2 is 2.03 bits per heavy atom. The average Bonchev–Trinajstić information content (AvgIpc) is 3.33. The van der Waals surface area contributed by atoms with E-state index in [0.717, 1.165) is 62.7 Å². The Morgan fingerprint density at radius 3 is 2.67 bits per heavy atom. The lowest BCUT2D eigenvalue weighted by Crippen LogP contribution is -2.39. The number of carbonyl (C=O) groups is 1. The first-order valence-electron chi connectivity index (χ1n) is 9.48. The highest BCUT2D eigenvalue weighted by Crippen LogP contribution is 2.24. The van der Waals surface area contributed by atoms with Crippen LogP contribution in [0, 0.1) is 5.92 Å². The van der Waals surface area contributed by atoms with Gasteiger partial charge < -0.3 is 24.3 Å². The smallest absolute Gasteiger partial charge is 0.475 e. The fraction of sp³-hybridized carbons (Fsp3) is 0.611. The molecule has 2 aromatic heterocycles. The Balaban J connectivity index is 0.000000318. The van der Waals surface area contributed by atoms with E-state index in [1.165, 1.54) is 0 Å². The van der Waals surface area contributed by atoms with Crippen molar-refractivity contribution in [2.24, 2.45) is 5.92 Å². The molecule has 2 aromatic rings. The lowest BCUT2D eigenvalue weighted by Gasteiger charge is -2.25. The molecule has 30 heavy (non-hydrogen) atoms. The number of halogens is 3. The van der Waals surface area contributed by atoms with Crippen LogP contribution in [0.15, 0.2) is 23.0 Å². The van der Waals surface area contributed by atoms with E-state index in [0.29, 0.717) is 18.6 Å². The molecule has 0 bridgehead atoms. The molecule has 4 rings (SSSR count). The van der Waals surface area contributed by atoms with Gasteiger partial charge in [0, 0.05) is 43.8 Å². The molecule has 2 N–H and O–H groups in total. The van der Waals surface area contributed by atoms with E-state index in [1.807, 2.05) is 10.7 Å². The summed E-state index contributed by atoms with van der Waals surface area (Å²) in [5.74, 6) is -2.36. The molecule has 0 saturated carbocycles. The highest BCUT2D eigenvalue weighted by Gasteiger charge is 2.38. The molecule has 0 aromatic carbocycles. The molecule has 1 saturated heterocycles. The van der Waals surface area contributed by atoms with Crippen LogP contribution in [0.1, 0.15) is 18.5 Å². The SMILES string of the molecule is O=C(O)C(F)(F)F.c1cc(-c2nnn3c2COCC(CNC2CCOCC2)C3)co1. The number of carboxylic acids is 1. The molecule has 2 aliphatic heterocycles. The zero-order valence-corrected chi connectivity index (χ0v) is 16.1. The van der Waals surface area contributed by atoms with Crippen molar-refractivity contribution in [2.75, 3.05) is 26.4 Å². The number of aliphatic carboxylic acids is 1. The Bertz CT molecular complexity index is 803. The Kier molecular flexibility index (Phi) is 7.45. The standard InChI is InChI=1S/C16H22N4O3.C2HF3O2/c1-4-22-10-13(1)16-15-11-23-9-12(8-20(15)19-18-16)7-17-14-2-5-21-6-3-14;3-2(4,5)1(6)7/h1,4,10,12,14,17H,2-3,5-9,11H2;(H,6,7). The van der Waals surface area contributed by atoms with Crippen molar-refractivity contribution >= 4 is 5.97 Å². The van der Waals surface area contributed by atoms with Crippen molar-refractivity contribution in [2.45, 2.75) is 38.2 Å². The van der Waals surface area contributed by atoms with Crippen molar-refractivity contribution in [3.8, 4) is 11.3 Å². The van der Waals surface area contributed by atoms with Crippen LogP contribution in [0.2, 0.25) is 0 Å². The summed E-state index contributed by atoms with van der Waals surface area (Å²) in [6.45, 7) is 4.77. The van der Waals surface area contributed by atoms with E-state index in [1.54, 1.807) is 12.5 Å². The predicted octanol–water partition coefficient (Wildman–Crippen LogP) is 2.09. The number of carboxylic acid groups (broad SMARTS) is 1. The Morgan fingerprint density at radius 1 is 1.30 bits per heavy atom. The third-order valence-electron chi connectivity index (χ3n) is 4.81. The summed E-state index contributed by atoms with van der Waals surface area (Å²) in [6, 6.07) is 2.46. The molecule has 9 nitrogen and oxygen atoms in total. The van der Waals surface area contributed by atoms with Crippen molar-refractivity contribution in [1.29, 1.82) is 0 Å². The number of nitrogens with zero attached hydrogens (tertiary/aromatic N) is 3. The Labute approximate surface area is 170 Å². The third kappa shape index (κ3) is 6.03. The minimum absolute atomic E-state index is 0.401. The van der Waals surface area contributed by atoms with Crippen molar-refractivity contribution in [3.63, 3.8) is 0 Å². The Hall–Kier alpha value is -2.44. The van der Waals surface area contributed by atoms with Crippen LogP contribution in [-0.2, 0) is 27.4 Å². The van der Waals surface area contributed by atoms with Gasteiger partial charge in [-0.2, -0.15) is 13.2 Å². The topological polar surface area (TPSA) is 112 Å². The van der Waals surface area contributed by atoms with Gasteiger partial charge in [-0.15, -0.1) is 5.10 Å². The average molecular weight is 432 g/mol. The minimum atomic E-state index is -5.08. The van der Waals surface area contributed by atoms with E-state index in [-0.39, 0.29) is 0 Å². The number of nitrogens with one attached hydrogen (secondary N) is 1. The molecule has 1 atom stereocenters. The van der Waals surface area contributed by atoms with E-state index >= 15 is 0 Å². The largest absolute Gasteiger partial charge is 0.490 e. The lowest BCUT2D eigenvalue weighted by atomic mass is 10.1. The van der Waals surface area contributed by atoms with Gasteiger partial charge in [-0.1, -0.05) is 5.21 Å². The monoisotopic (exact) mass is 432 g/mol. The van der Waals surface area contributed by atoms with Crippen LogP contribution < -0.4 is 5.32 Å². The normalized spacial score (nSPS) is 20.0. The van der Waals surface area contributed by atoms with Gasteiger partial charge in [-0.25, -0.2) is 9.48 Å². The first-order chi connectivity index (χ1) is 14.3. The van der Waals surface area contributed by atoms with Crippen molar-refractivity contribution in [3.05, 3.63) is 24.3 Å². The van der Waals surface area contributed by atoms with Gasteiger partial charge in [0.1, 0.15) is 5.69 Å². The molecule has 2 aliphatic rings. The maximum Gasteiger partial charge on any atom is 0.490 e. The van der Waals surface area contributed by atoms with Gasteiger partial charge in [0.05, 0.1) is 31.4 Å². The van der Waals surface area contributed by atoms with Crippen LogP contribution in [0.25, 0.3) is 11.3 Å². The fourth-order valence-electron chi connectivity index (χ4n) is 3.22. The summed E-state index contributed by atoms with van der Waals surface area (Å²) in [7, 11) is 0. The molecule has 4 heterocycles. The molecule has 0 spiro atoms. The van der Waals surface area contributed by atoms with Crippen LogP contribution in [-0.4, -0.2) is 64.7 Å². The second-order valence-electron chi connectivity index (χ2n) is 7.06. The first-order valence-corrected chi connectivity index (χ1v) is 9.48. The third-order valence-corrected chi connectivity index (χ3v) is 4.81. The van der Waals surface area contributed by atoms with E-state index < -0.39 is 12.1 Å². The molecule has 0 amide bonds. The quantitative estimate of drug-likeness (QED) is 0.756. The first kappa shape index (κ1) is 22.2. The number of aromatic nitrogens is 3. The number of fused-ring (bicyclic) bond motifs is 1. The van der Waals surface area contributed by atoms with Gasteiger partial charge in [0.25, 0.3) is 0 Å². The summed E-state index contributed by atoms with van der Waals surface area (Å²) in [5, 5.41) is 19.4. The number of rotatable bonds is 4. The summed E-state index contributed by atoms with van der Waals surface area (Å²) in [4.78, 5) is 8.90. The molecular weight excluding hydrogens is 409 g/mol. The molecule has 1 unspecified atom stereocenters. The summed E-state index contributed by atoms with van der Waals surface area (Å²) >= 11 is 0. The highest BCUT2D eigenvalue weighted by molar-refractivity contribution is 5.73. The van der Waals surface area contributed by atoms with Gasteiger partial charge in [-0.3, -0.25) is 0 Å². The number of furan rings is 1. The van der Waals surface area contributed by atoms with Gasteiger partial charge in [-0.05, 0) is 18.9 Å². The lowest BCUT2D eigenvalue weighted by molar-refractivity contribution is -0.192. The highest BCUT2D eigenvalue weighted by atomic mass is 19.4. The molecule has 1 fully saturated rings. The molecular formula is C18H23F3N4O5. The van der Waals surface area contributed by atoms with Gasteiger partial charge in [0.15, 0.2) is 0 Å². The van der Waals surface area contributed by atoms with Crippen LogP contribution >= 0.6 is 0 Å². The van der Waals surface area contributed by atoms with Gasteiger partial charge in [0.2, 0.25) is 0 Å². The van der Waals surface area contributed by atoms with Crippen molar-refractivity contribution in [1.82, 2.24) is 20.3 Å². The van der Waals surface area contributed by atoms with Gasteiger partial charge >= 0.3 is 12.1 Å². The maximum atomic E-state index is 10.6. The maximum absolute atomic E-state index is 10.6. The predicted molar refractivity (Wildman–Crippen MR) is 96.4 cm³/mol. The second kappa shape index (κ2) is 10.0. The minimum Gasteiger partial charge on any atom is -0.475 e. The number of hydrogen-bond acceptors (Lipinski definition) is 7. The molecule has 0 radical (unpaired) electrons. The molecule has 0 aliphatic carbocycles. The van der Waals surface area contributed by atoms with E-state index in [2.05, 4.69) is 15.6 Å². The number of hydrogen-bond donors (Lipinski definition) is 2. The van der Waals surface area contributed by atoms with Crippen LogP contribution in [0.3, 0.4) is 0 Å². The molecule has 12 heteroatoms. The second-order valence-corrected chi connectivity index (χ2v) is 7.06. The number of alkyl halides is 3.